The van der Waals surface area contributed by atoms with Gasteiger partial charge in [-0.25, -0.2) is 17.7 Å². The highest BCUT2D eigenvalue weighted by Gasteiger charge is 2.31. The minimum Gasteiger partial charge on any atom is -0.497 e. The van der Waals surface area contributed by atoms with Gasteiger partial charge in [-0.2, -0.15) is 22.8 Å². The number of methoxy groups -OCH3 is 2. The standard InChI is InChI=1S/C43H38F3N5O7S2/c1-42(2,3)58-40(52)16-11-33-20-29(17-18-48-33)36-22-28(27-7-6-8-32(19-27)43(44,45)46)10-14-38(36)57-37-15-13-35(21-31(37)24-47)60(53,54)51(41-49-26-50-59-41)25-30-9-12-34(55-4)23-39(30)56-5/h6-10,12-15,17-23,26H,11,16,25H2,1-5H3. The van der Waals surface area contributed by atoms with Crippen LogP contribution in [0.1, 0.15) is 49.6 Å². The van der Waals surface area contributed by atoms with E-state index in [4.69, 9.17) is 18.9 Å². The molecule has 60 heavy (non-hydrogen) atoms. The van der Waals surface area contributed by atoms with Crippen LogP contribution in [0, 0.1) is 11.3 Å². The number of halogens is 3. The molecule has 0 amide bonds. The molecule has 6 rings (SSSR count). The molecule has 0 saturated carbocycles. The van der Waals surface area contributed by atoms with E-state index in [1.165, 1.54) is 51.0 Å². The molecule has 12 nitrogen and oxygen atoms in total. The SMILES string of the molecule is COc1ccc(CN(c2ncns2)S(=O)(=O)c2ccc(Oc3ccc(-c4cccc(C(F)(F)F)c4)cc3-c3ccnc(CCC(=O)OC(C)(C)C)c3)c(C#N)c2)c(OC)c1. The minimum atomic E-state index is -4.57. The zero-order valence-corrected chi connectivity index (χ0v) is 34.6. The Bertz CT molecular complexity index is 2660. The van der Waals surface area contributed by atoms with E-state index >= 15 is 0 Å². The molecule has 0 atom stereocenters. The number of aryl methyl sites for hydroxylation is 1. The summed E-state index contributed by atoms with van der Waals surface area (Å²) in [5.74, 6) is 0.671. The number of rotatable bonds is 14. The van der Waals surface area contributed by atoms with Gasteiger partial charge >= 0.3 is 12.1 Å². The molecule has 4 aromatic carbocycles. The number of aromatic nitrogens is 3. The number of ether oxygens (including phenoxy) is 4. The van der Waals surface area contributed by atoms with Crippen LogP contribution in [0.3, 0.4) is 0 Å². The summed E-state index contributed by atoms with van der Waals surface area (Å²) in [5, 5.41) is 10.4. The van der Waals surface area contributed by atoms with Crippen molar-refractivity contribution in [3.05, 3.63) is 126 Å². The summed E-state index contributed by atoms with van der Waals surface area (Å²) in [5.41, 5.74) is 1.11. The lowest BCUT2D eigenvalue weighted by atomic mass is 9.96. The zero-order valence-electron chi connectivity index (χ0n) is 33.0. The van der Waals surface area contributed by atoms with Gasteiger partial charge in [-0.05, 0) is 104 Å². The van der Waals surface area contributed by atoms with Crippen LogP contribution < -0.4 is 18.5 Å². The number of hydrogen-bond acceptors (Lipinski definition) is 12. The highest BCUT2D eigenvalue weighted by atomic mass is 32.2. The maximum Gasteiger partial charge on any atom is 0.416 e. The summed E-state index contributed by atoms with van der Waals surface area (Å²) in [7, 11) is -1.44. The van der Waals surface area contributed by atoms with Gasteiger partial charge in [-0.15, -0.1) is 0 Å². The number of alkyl halides is 3. The second-order valence-electron chi connectivity index (χ2n) is 14.2. The first-order chi connectivity index (χ1) is 28.5. The van der Waals surface area contributed by atoms with Gasteiger partial charge in [0.25, 0.3) is 10.0 Å². The molecule has 2 aromatic heterocycles. The van der Waals surface area contributed by atoms with Crippen molar-refractivity contribution < 1.29 is 45.3 Å². The predicted molar refractivity (Wildman–Crippen MR) is 218 cm³/mol. The van der Waals surface area contributed by atoms with Gasteiger partial charge in [0.2, 0.25) is 5.13 Å². The Balaban J connectivity index is 1.38. The van der Waals surface area contributed by atoms with Gasteiger partial charge in [0.15, 0.2) is 0 Å². The Hall–Kier alpha value is -6.51. The number of sulfonamides is 1. The number of carbonyl (C=O) groups is 1. The molecule has 0 N–H and O–H groups in total. The molecule has 0 spiro atoms. The van der Waals surface area contributed by atoms with Crippen LogP contribution in [0.5, 0.6) is 23.0 Å². The number of nitrogens with zero attached hydrogens (tertiary/aromatic N) is 5. The molecule has 0 fully saturated rings. The van der Waals surface area contributed by atoms with Crippen molar-refractivity contribution in [1.29, 1.82) is 5.26 Å². The molecule has 2 heterocycles. The lowest BCUT2D eigenvalue weighted by Crippen LogP contribution is -2.30. The first-order valence-corrected chi connectivity index (χ1v) is 20.4. The number of carbonyl (C=O) groups excluding carboxylic acids is 1. The van der Waals surface area contributed by atoms with Crippen LogP contribution >= 0.6 is 11.5 Å². The molecule has 17 heteroatoms. The largest absolute Gasteiger partial charge is 0.497 e. The number of anilines is 1. The van der Waals surface area contributed by atoms with Crippen molar-refractivity contribution in [2.75, 3.05) is 18.5 Å². The van der Waals surface area contributed by atoms with E-state index in [0.29, 0.717) is 39.4 Å². The quantitative estimate of drug-likeness (QED) is 0.0962. The zero-order chi connectivity index (χ0) is 43.2. The Morgan fingerprint density at radius 3 is 2.30 bits per heavy atom. The summed E-state index contributed by atoms with van der Waals surface area (Å²) in [6.07, 6.45) is -1.52. The fraction of sp³-hybridized carbons (Fsp3) is 0.233. The van der Waals surface area contributed by atoms with E-state index in [9.17, 15) is 31.6 Å². The van der Waals surface area contributed by atoms with Gasteiger partial charge in [-0.1, -0.05) is 18.2 Å². The Labute approximate surface area is 349 Å². The van der Waals surface area contributed by atoms with Crippen LogP contribution in [-0.4, -0.2) is 48.5 Å². The number of nitriles is 1. The average molecular weight is 858 g/mol. The fourth-order valence-corrected chi connectivity index (χ4v) is 8.22. The predicted octanol–water partition coefficient (Wildman–Crippen LogP) is 9.64. The van der Waals surface area contributed by atoms with Crippen LogP contribution in [0.4, 0.5) is 18.3 Å². The van der Waals surface area contributed by atoms with Crippen molar-refractivity contribution >= 4 is 32.7 Å². The minimum absolute atomic E-state index is 0.00279. The Kier molecular flexibility index (Phi) is 12.8. The molecule has 0 radical (unpaired) electrons. The summed E-state index contributed by atoms with van der Waals surface area (Å²) in [4.78, 5) is 20.8. The number of benzene rings is 4. The first-order valence-electron chi connectivity index (χ1n) is 18.2. The van der Waals surface area contributed by atoms with E-state index in [1.54, 1.807) is 75.4 Å². The summed E-state index contributed by atoms with van der Waals surface area (Å²) in [6, 6.07) is 23.9. The summed E-state index contributed by atoms with van der Waals surface area (Å²) < 4.78 is 97.4. The van der Waals surface area contributed by atoms with Gasteiger partial charge in [0.05, 0.1) is 43.2 Å². The molecule has 0 unspecified atom stereocenters. The highest BCUT2D eigenvalue weighted by molar-refractivity contribution is 7.93. The second-order valence-corrected chi connectivity index (χ2v) is 16.8. The summed E-state index contributed by atoms with van der Waals surface area (Å²) >= 11 is 0.863. The lowest BCUT2D eigenvalue weighted by molar-refractivity contribution is -0.154. The molecule has 0 saturated heterocycles. The van der Waals surface area contributed by atoms with E-state index < -0.39 is 33.3 Å². The second kappa shape index (κ2) is 17.8. The lowest BCUT2D eigenvalue weighted by Gasteiger charge is -2.23. The van der Waals surface area contributed by atoms with E-state index in [0.717, 1.165) is 28.0 Å². The van der Waals surface area contributed by atoms with Crippen LogP contribution in [0.15, 0.2) is 108 Å². The average Bonchev–Trinajstić information content (AvgIpc) is 3.76. The topological polar surface area (TPSA) is 154 Å². The van der Waals surface area contributed by atoms with Crippen molar-refractivity contribution in [2.24, 2.45) is 0 Å². The van der Waals surface area contributed by atoms with Gasteiger partial charge in [-0.3, -0.25) is 9.78 Å². The Morgan fingerprint density at radius 2 is 1.62 bits per heavy atom. The first kappa shape index (κ1) is 43.1. The Morgan fingerprint density at radius 1 is 0.850 bits per heavy atom. The van der Waals surface area contributed by atoms with Crippen molar-refractivity contribution in [2.45, 2.75) is 56.8 Å². The smallest absolute Gasteiger partial charge is 0.416 e. The van der Waals surface area contributed by atoms with Crippen molar-refractivity contribution in [3.8, 4) is 51.3 Å². The molecule has 0 aliphatic heterocycles. The van der Waals surface area contributed by atoms with Crippen LogP contribution in [0.25, 0.3) is 22.3 Å². The molecule has 0 aliphatic carbocycles. The number of esters is 1. The normalized spacial score (nSPS) is 11.7. The van der Waals surface area contributed by atoms with E-state index in [2.05, 4.69) is 14.3 Å². The molecular weight excluding hydrogens is 820 g/mol. The van der Waals surface area contributed by atoms with Crippen molar-refractivity contribution in [3.63, 3.8) is 0 Å². The molecule has 6 aromatic rings. The highest BCUT2D eigenvalue weighted by Crippen LogP contribution is 2.40. The molecular formula is C43H38F3N5O7S2. The summed E-state index contributed by atoms with van der Waals surface area (Å²) in [6.45, 7) is 5.11. The molecule has 0 aliphatic rings. The third kappa shape index (κ3) is 10.2. The van der Waals surface area contributed by atoms with Gasteiger partial charge < -0.3 is 18.9 Å². The third-order valence-corrected chi connectivity index (χ3v) is 11.4. The van der Waals surface area contributed by atoms with E-state index in [-0.39, 0.29) is 52.0 Å². The maximum atomic E-state index is 14.3. The number of pyridine rings is 1. The van der Waals surface area contributed by atoms with E-state index in [1.807, 2.05) is 6.07 Å². The fourth-order valence-electron chi connectivity index (χ4n) is 6.07. The van der Waals surface area contributed by atoms with Crippen LogP contribution in [0.2, 0.25) is 0 Å². The molecule has 0 bridgehead atoms. The van der Waals surface area contributed by atoms with Crippen molar-refractivity contribution in [1.82, 2.24) is 14.3 Å². The third-order valence-electron chi connectivity index (χ3n) is 8.89. The molecule has 310 valence electrons. The van der Waals surface area contributed by atoms with Gasteiger partial charge in [0, 0.05) is 47.0 Å². The van der Waals surface area contributed by atoms with Gasteiger partial charge in [0.1, 0.15) is 41.0 Å². The maximum absolute atomic E-state index is 14.3. The van der Waals surface area contributed by atoms with Crippen LogP contribution in [-0.2, 0) is 38.7 Å². The monoisotopic (exact) mass is 857 g/mol. The number of hydrogen-bond donors (Lipinski definition) is 0.